The molecule has 0 rings (SSSR count). The molecule has 0 N–H and O–H groups in total. The van der Waals surface area contributed by atoms with E-state index < -0.39 is 8.56 Å². The van der Waals surface area contributed by atoms with Gasteiger partial charge >= 0.3 is 8.56 Å². The highest BCUT2D eigenvalue weighted by molar-refractivity contribution is 6.68. The zero-order valence-corrected chi connectivity index (χ0v) is 9.31. The monoisotopic (exact) mass is 176 g/mol. The average molecular weight is 176 g/mol. The summed E-state index contributed by atoms with van der Waals surface area (Å²) in [6.45, 7) is 9.29. The molecule has 0 aromatic rings. The van der Waals surface area contributed by atoms with Crippen LogP contribution in [0.15, 0.2) is 0 Å². The molecule has 0 aliphatic rings. The highest BCUT2D eigenvalue weighted by Crippen LogP contribution is 2.26. The fraction of sp³-hybridized carbons (Fsp3) is 1.00. The first-order valence-electron chi connectivity index (χ1n) is 4.32. The van der Waals surface area contributed by atoms with E-state index in [-0.39, 0.29) is 0 Å². The van der Waals surface area contributed by atoms with Gasteiger partial charge in [0.15, 0.2) is 0 Å². The first-order chi connectivity index (χ1) is 5.13. The molecule has 0 radical (unpaired) electrons. The SMILES string of the molecule is CCO[Si](CC)(OC)C(C)C. The van der Waals surface area contributed by atoms with Crippen molar-refractivity contribution in [1.29, 1.82) is 0 Å². The lowest BCUT2D eigenvalue weighted by Gasteiger charge is -2.31. The lowest BCUT2D eigenvalue weighted by molar-refractivity contribution is 0.201. The van der Waals surface area contributed by atoms with E-state index in [4.69, 9.17) is 8.85 Å². The van der Waals surface area contributed by atoms with Crippen molar-refractivity contribution in [3.63, 3.8) is 0 Å². The van der Waals surface area contributed by atoms with Crippen molar-refractivity contribution in [3.05, 3.63) is 0 Å². The highest BCUT2D eigenvalue weighted by Gasteiger charge is 2.37. The van der Waals surface area contributed by atoms with Gasteiger partial charge in [-0.3, -0.25) is 0 Å². The summed E-state index contributed by atoms with van der Waals surface area (Å²) in [5.41, 5.74) is 0.539. The standard InChI is InChI=1S/C8H20O2Si/c1-6-10-11(7-2,9-5)8(3)4/h8H,6-7H2,1-5H3. The number of hydrogen-bond acceptors (Lipinski definition) is 2. The van der Waals surface area contributed by atoms with Gasteiger partial charge in [-0.05, 0) is 18.5 Å². The predicted molar refractivity (Wildman–Crippen MR) is 50.0 cm³/mol. The van der Waals surface area contributed by atoms with Crippen molar-refractivity contribution in [2.45, 2.75) is 39.3 Å². The first kappa shape index (κ1) is 11.1. The summed E-state index contributed by atoms with van der Waals surface area (Å²) in [6.07, 6.45) is 0. The van der Waals surface area contributed by atoms with Gasteiger partial charge in [-0.1, -0.05) is 20.8 Å². The van der Waals surface area contributed by atoms with Gasteiger partial charge in [0, 0.05) is 13.7 Å². The van der Waals surface area contributed by atoms with Gasteiger partial charge in [0.2, 0.25) is 0 Å². The Morgan fingerprint density at radius 1 is 1.27 bits per heavy atom. The fourth-order valence-electron chi connectivity index (χ4n) is 1.36. The molecule has 0 aromatic carbocycles. The lowest BCUT2D eigenvalue weighted by Crippen LogP contribution is -2.43. The quantitative estimate of drug-likeness (QED) is 0.599. The van der Waals surface area contributed by atoms with Crippen LogP contribution in [0, 0.1) is 0 Å². The van der Waals surface area contributed by atoms with Crippen LogP contribution in [0.1, 0.15) is 27.7 Å². The third-order valence-electron chi connectivity index (χ3n) is 2.11. The Balaban J connectivity index is 4.20. The zero-order valence-electron chi connectivity index (χ0n) is 8.31. The minimum absolute atomic E-state index is 0.539. The Kier molecular flexibility index (Phi) is 4.96. The van der Waals surface area contributed by atoms with Crippen molar-refractivity contribution in [3.8, 4) is 0 Å². The van der Waals surface area contributed by atoms with Crippen LogP contribution in [0.5, 0.6) is 0 Å². The van der Waals surface area contributed by atoms with E-state index in [1.807, 2.05) is 6.92 Å². The third kappa shape index (κ3) is 2.58. The van der Waals surface area contributed by atoms with Gasteiger partial charge < -0.3 is 8.85 Å². The van der Waals surface area contributed by atoms with E-state index in [9.17, 15) is 0 Å². The summed E-state index contributed by atoms with van der Waals surface area (Å²) in [5.74, 6) is 0. The molecular formula is C8H20O2Si. The Bertz CT molecular complexity index is 100. The lowest BCUT2D eigenvalue weighted by atomic mass is 10.6. The molecule has 1 atom stereocenters. The second-order valence-corrected chi connectivity index (χ2v) is 7.14. The molecule has 0 heterocycles. The van der Waals surface area contributed by atoms with Gasteiger partial charge in [0.25, 0.3) is 0 Å². The highest BCUT2D eigenvalue weighted by atomic mass is 28.4. The van der Waals surface area contributed by atoms with E-state index in [2.05, 4.69) is 20.8 Å². The average Bonchev–Trinajstić information content (AvgIpc) is 2.00. The topological polar surface area (TPSA) is 18.5 Å². The molecule has 2 nitrogen and oxygen atoms in total. The van der Waals surface area contributed by atoms with Crippen molar-refractivity contribution >= 4 is 8.56 Å². The normalized spacial score (nSPS) is 16.9. The molecule has 0 saturated carbocycles. The molecule has 3 heteroatoms. The maximum Gasteiger partial charge on any atom is 0.340 e. The van der Waals surface area contributed by atoms with E-state index >= 15 is 0 Å². The Hall–Kier alpha value is 0.137. The Morgan fingerprint density at radius 2 is 1.82 bits per heavy atom. The minimum Gasteiger partial charge on any atom is -0.397 e. The van der Waals surface area contributed by atoms with Gasteiger partial charge in [0.1, 0.15) is 0 Å². The second-order valence-electron chi connectivity index (χ2n) is 2.96. The molecule has 1 unspecified atom stereocenters. The van der Waals surface area contributed by atoms with Gasteiger partial charge in [-0.15, -0.1) is 0 Å². The van der Waals surface area contributed by atoms with Crippen LogP contribution in [0.4, 0.5) is 0 Å². The Morgan fingerprint density at radius 3 is 1.91 bits per heavy atom. The van der Waals surface area contributed by atoms with E-state index in [0.29, 0.717) is 5.54 Å². The number of hydrogen-bond donors (Lipinski definition) is 0. The van der Waals surface area contributed by atoms with Crippen LogP contribution < -0.4 is 0 Å². The molecule has 0 bridgehead atoms. The van der Waals surface area contributed by atoms with E-state index in [1.54, 1.807) is 7.11 Å². The van der Waals surface area contributed by atoms with Gasteiger partial charge in [-0.25, -0.2) is 0 Å². The molecular weight excluding hydrogens is 156 g/mol. The van der Waals surface area contributed by atoms with Crippen LogP contribution in [0.25, 0.3) is 0 Å². The maximum atomic E-state index is 5.71. The molecule has 11 heavy (non-hydrogen) atoms. The number of rotatable bonds is 5. The van der Waals surface area contributed by atoms with Crippen LogP contribution in [-0.4, -0.2) is 22.3 Å². The zero-order chi connectivity index (χ0) is 8.91. The van der Waals surface area contributed by atoms with Crippen molar-refractivity contribution < 1.29 is 8.85 Å². The van der Waals surface area contributed by atoms with Crippen LogP contribution in [0.2, 0.25) is 11.6 Å². The fourth-order valence-corrected chi connectivity index (χ4v) is 4.08. The predicted octanol–water partition coefficient (Wildman–Crippen LogP) is 2.54. The summed E-state index contributed by atoms with van der Waals surface area (Å²) >= 11 is 0. The van der Waals surface area contributed by atoms with Gasteiger partial charge in [-0.2, -0.15) is 0 Å². The summed E-state index contributed by atoms with van der Waals surface area (Å²) in [4.78, 5) is 0. The van der Waals surface area contributed by atoms with Crippen LogP contribution in [0.3, 0.4) is 0 Å². The van der Waals surface area contributed by atoms with Crippen LogP contribution in [-0.2, 0) is 8.85 Å². The Labute approximate surface area is 71.1 Å². The molecule has 68 valence electrons. The van der Waals surface area contributed by atoms with Crippen molar-refractivity contribution in [1.82, 2.24) is 0 Å². The molecule has 0 fully saturated rings. The summed E-state index contributed by atoms with van der Waals surface area (Å²) in [5, 5.41) is 0. The maximum absolute atomic E-state index is 5.71. The van der Waals surface area contributed by atoms with Gasteiger partial charge in [0.05, 0.1) is 0 Å². The first-order valence-corrected chi connectivity index (χ1v) is 6.42. The molecule has 0 amide bonds. The van der Waals surface area contributed by atoms with E-state index in [0.717, 1.165) is 12.7 Å². The molecule has 0 aromatic heterocycles. The van der Waals surface area contributed by atoms with Crippen molar-refractivity contribution in [2.75, 3.05) is 13.7 Å². The second kappa shape index (κ2) is 4.90. The molecule has 0 spiro atoms. The third-order valence-corrected chi connectivity index (χ3v) is 6.32. The van der Waals surface area contributed by atoms with Crippen LogP contribution >= 0.6 is 0 Å². The molecule has 0 aliphatic carbocycles. The molecule has 0 saturated heterocycles. The summed E-state index contributed by atoms with van der Waals surface area (Å²) < 4.78 is 11.2. The smallest absolute Gasteiger partial charge is 0.340 e. The summed E-state index contributed by atoms with van der Waals surface area (Å²) in [6, 6.07) is 1.04. The molecule has 0 aliphatic heterocycles. The summed E-state index contributed by atoms with van der Waals surface area (Å²) in [7, 11) is -0.0516. The van der Waals surface area contributed by atoms with E-state index in [1.165, 1.54) is 0 Å². The van der Waals surface area contributed by atoms with Crippen molar-refractivity contribution in [2.24, 2.45) is 0 Å². The minimum atomic E-state index is -1.82. The largest absolute Gasteiger partial charge is 0.397 e.